The molecule has 0 bridgehead atoms. The molecule has 0 aromatic carbocycles. The summed E-state index contributed by atoms with van der Waals surface area (Å²) in [5.41, 5.74) is 8.01. The molecule has 17 heavy (non-hydrogen) atoms. The fraction of sp³-hybridized carbons (Fsp3) is 0.714. The van der Waals surface area contributed by atoms with Gasteiger partial charge >= 0.3 is 0 Å². The molecule has 2 N–H and O–H groups in total. The Hall–Kier alpha value is -0.960. The number of nitrogens with zero attached hydrogens (tertiary/aromatic N) is 2. The third-order valence-corrected chi connectivity index (χ3v) is 2.93. The largest absolute Gasteiger partial charge is 0.330 e. The van der Waals surface area contributed by atoms with E-state index in [9.17, 15) is 0 Å². The minimum absolute atomic E-state index is 0.265. The third-order valence-electron chi connectivity index (χ3n) is 2.93. The smallest absolute Gasteiger partial charge is 0.133 e. The van der Waals surface area contributed by atoms with Gasteiger partial charge in [-0.05, 0) is 31.2 Å². The summed E-state index contributed by atoms with van der Waals surface area (Å²) in [6, 6.07) is 2.08. The third kappa shape index (κ3) is 4.08. The average Bonchev–Trinajstić information content (AvgIpc) is 2.15. The Kier molecular flexibility index (Phi) is 5.06. The van der Waals surface area contributed by atoms with E-state index in [0.29, 0.717) is 18.4 Å². The molecule has 0 spiro atoms. The molecule has 1 rings (SSSR count). The van der Waals surface area contributed by atoms with Crippen LogP contribution in [0.15, 0.2) is 6.07 Å². The highest BCUT2D eigenvalue weighted by atomic mass is 14.9. The van der Waals surface area contributed by atoms with Gasteiger partial charge in [0.1, 0.15) is 5.82 Å². The van der Waals surface area contributed by atoms with Gasteiger partial charge in [0.05, 0.1) is 0 Å². The zero-order chi connectivity index (χ0) is 13.0. The van der Waals surface area contributed by atoms with Crippen LogP contribution in [0.2, 0.25) is 0 Å². The zero-order valence-electron chi connectivity index (χ0n) is 11.7. The lowest BCUT2D eigenvalue weighted by molar-refractivity contribution is 0.479. The molecule has 1 atom stereocenters. The highest BCUT2D eigenvalue weighted by Crippen LogP contribution is 2.21. The minimum Gasteiger partial charge on any atom is -0.330 e. The van der Waals surface area contributed by atoms with E-state index < -0.39 is 0 Å². The number of hydrogen-bond donors (Lipinski definition) is 1. The van der Waals surface area contributed by atoms with E-state index in [1.807, 2.05) is 6.92 Å². The zero-order valence-corrected chi connectivity index (χ0v) is 11.7. The van der Waals surface area contributed by atoms with Gasteiger partial charge in [0.2, 0.25) is 0 Å². The minimum atomic E-state index is 0.265. The molecule has 0 saturated heterocycles. The molecule has 0 aliphatic carbocycles. The summed E-state index contributed by atoms with van der Waals surface area (Å²) in [4.78, 5) is 9.22. The molecule has 3 heteroatoms. The number of aromatic nitrogens is 2. The van der Waals surface area contributed by atoms with Gasteiger partial charge in [-0.2, -0.15) is 0 Å². The van der Waals surface area contributed by atoms with Crippen LogP contribution in [0.5, 0.6) is 0 Å². The monoisotopic (exact) mass is 235 g/mol. The molecule has 96 valence electrons. The Morgan fingerprint density at radius 3 is 2.29 bits per heavy atom. The van der Waals surface area contributed by atoms with Crippen LogP contribution in [-0.4, -0.2) is 16.5 Å². The Morgan fingerprint density at radius 1 is 1.18 bits per heavy atom. The topological polar surface area (TPSA) is 51.8 Å². The second-order valence-electron chi connectivity index (χ2n) is 5.54. The van der Waals surface area contributed by atoms with Gasteiger partial charge in [-0.3, -0.25) is 0 Å². The highest BCUT2D eigenvalue weighted by molar-refractivity contribution is 5.13. The summed E-state index contributed by atoms with van der Waals surface area (Å²) in [7, 11) is 0. The Bertz CT molecular complexity index is 358. The SMILES string of the molecule is Cc1cc(CC(C)C)nc(C(CN)C(C)C)n1. The molecule has 0 radical (unpaired) electrons. The molecule has 3 nitrogen and oxygen atoms in total. The summed E-state index contributed by atoms with van der Waals surface area (Å²) >= 11 is 0. The van der Waals surface area contributed by atoms with Crippen molar-refractivity contribution in [3.63, 3.8) is 0 Å². The van der Waals surface area contributed by atoms with Crippen LogP contribution >= 0.6 is 0 Å². The van der Waals surface area contributed by atoms with Crippen LogP contribution in [0.25, 0.3) is 0 Å². The first-order valence-electron chi connectivity index (χ1n) is 6.48. The summed E-state index contributed by atoms with van der Waals surface area (Å²) in [5.74, 6) is 2.28. The fourth-order valence-corrected chi connectivity index (χ4v) is 2.02. The maximum absolute atomic E-state index is 5.83. The summed E-state index contributed by atoms with van der Waals surface area (Å²) in [6.07, 6.45) is 1.01. The lowest BCUT2D eigenvalue weighted by Crippen LogP contribution is -2.21. The van der Waals surface area contributed by atoms with Crippen LogP contribution in [0.4, 0.5) is 0 Å². The van der Waals surface area contributed by atoms with Gasteiger partial charge in [-0.15, -0.1) is 0 Å². The van der Waals surface area contributed by atoms with Crippen LogP contribution in [0.3, 0.4) is 0 Å². The van der Waals surface area contributed by atoms with Crippen LogP contribution in [0, 0.1) is 18.8 Å². The lowest BCUT2D eigenvalue weighted by Gasteiger charge is -2.18. The van der Waals surface area contributed by atoms with Gasteiger partial charge in [-0.1, -0.05) is 27.7 Å². The maximum atomic E-state index is 5.83. The van der Waals surface area contributed by atoms with Gasteiger partial charge in [0, 0.05) is 23.9 Å². The first-order chi connectivity index (χ1) is 7.93. The van der Waals surface area contributed by atoms with E-state index in [4.69, 9.17) is 5.73 Å². The Balaban J connectivity index is 3.03. The second kappa shape index (κ2) is 6.10. The van der Waals surface area contributed by atoms with E-state index in [1.54, 1.807) is 0 Å². The molecular weight excluding hydrogens is 210 g/mol. The van der Waals surface area contributed by atoms with Gasteiger partial charge < -0.3 is 5.73 Å². The lowest BCUT2D eigenvalue weighted by atomic mass is 9.94. The van der Waals surface area contributed by atoms with Crippen molar-refractivity contribution < 1.29 is 0 Å². The van der Waals surface area contributed by atoms with Crippen molar-refractivity contribution in [2.45, 2.75) is 47.0 Å². The maximum Gasteiger partial charge on any atom is 0.133 e. The molecule has 0 aliphatic heterocycles. The van der Waals surface area contributed by atoms with Crippen molar-refractivity contribution >= 4 is 0 Å². The van der Waals surface area contributed by atoms with Crippen molar-refractivity contribution in [1.29, 1.82) is 0 Å². The van der Waals surface area contributed by atoms with E-state index in [1.165, 1.54) is 0 Å². The highest BCUT2D eigenvalue weighted by Gasteiger charge is 2.18. The molecule has 1 unspecified atom stereocenters. The van der Waals surface area contributed by atoms with Crippen molar-refractivity contribution in [3.8, 4) is 0 Å². The van der Waals surface area contributed by atoms with Crippen LogP contribution < -0.4 is 5.73 Å². The van der Waals surface area contributed by atoms with Crippen LogP contribution in [0.1, 0.15) is 50.8 Å². The molecule has 0 amide bonds. The first kappa shape index (κ1) is 14.1. The summed E-state index contributed by atoms with van der Waals surface area (Å²) in [5, 5.41) is 0. The average molecular weight is 235 g/mol. The Morgan fingerprint density at radius 2 is 1.82 bits per heavy atom. The van der Waals surface area contributed by atoms with E-state index in [-0.39, 0.29) is 5.92 Å². The van der Waals surface area contributed by atoms with Crippen molar-refractivity contribution in [2.75, 3.05) is 6.54 Å². The van der Waals surface area contributed by atoms with Gasteiger partial charge in [-0.25, -0.2) is 9.97 Å². The van der Waals surface area contributed by atoms with E-state index in [2.05, 4.69) is 43.7 Å². The van der Waals surface area contributed by atoms with Crippen molar-refractivity contribution in [1.82, 2.24) is 9.97 Å². The molecule has 1 aromatic heterocycles. The standard InChI is InChI=1S/C14H25N3/c1-9(2)6-12-7-11(5)16-14(17-12)13(8-15)10(3)4/h7,9-10,13H,6,8,15H2,1-5H3. The molecule has 0 fully saturated rings. The van der Waals surface area contributed by atoms with Crippen molar-refractivity contribution in [3.05, 3.63) is 23.3 Å². The number of nitrogens with two attached hydrogens (primary N) is 1. The fourth-order valence-electron chi connectivity index (χ4n) is 2.02. The molecule has 0 saturated carbocycles. The Labute approximate surface area is 105 Å². The van der Waals surface area contributed by atoms with Crippen molar-refractivity contribution in [2.24, 2.45) is 17.6 Å². The predicted molar refractivity (Wildman–Crippen MR) is 71.9 cm³/mol. The predicted octanol–water partition coefficient (Wildman–Crippen LogP) is 2.68. The molecular formula is C14H25N3. The summed E-state index contributed by atoms with van der Waals surface area (Å²) in [6.45, 7) is 11.4. The first-order valence-corrected chi connectivity index (χ1v) is 6.48. The van der Waals surface area contributed by atoms with Gasteiger partial charge in [0.15, 0.2) is 0 Å². The van der Waals surface area contributed by atoms with E-state index in [0.717, 1.165) is 23.6 Å². The van der Waals surface area contributed by atoms with Crippen LogP contribution in [-0.2, 0) is 6.42 Å². The van der Waals surface area contributed by atoms with Gasteiger partial charge in [0.25, 0.3) is 0 Å². The number of hydrogen-bond acceptors (Lipinski definition) is 3. The number of aryl methyl sites for hydroxylation is 1. The molecule has 1 heterocycles. The second-order valence-corrected chi connectivity index (χ2v) is 5.54. The van der Waals surface area contributed by atoms with E-state index >= 15 is 0 Å². The quantitative estimate of drug-likeness (QED) is 0.853. The molecule has 0 aliphatic rings. The normalized spacial score (nSPS) is 13.4. The molecule has 1 aromatic rings. The summed E-state index contributed by atoms with van der Waals surface area (Å²) < 4.78 is 0. The number of rotatable bonds is 5.